The van der Waals surface area contributed by atoms with Crippen LogP contribution >= 0.6 is 23.5 Å². The second-order valence-electron chi connectivity index (χ2n) is 31.6. The molecule has 2 atom stereocenters. The average Bonchev–Trinajstić information content (AvgIpc) is 1.34. The van der Waals surface area contributed by atoms with E-state index in [9.17, 15) is 0 Å². The summed E-state index contributed by atoms with van der Waals surface area (Å²) in [4.78, 5) is 7.52. The third-order valence-electron chi connectivity index (χ3n) is 26.0. The van der Waals surface area contributed by atoms with Gasteiger partial charge in [-0.25, -0.2) is 0 Å². The SMILES string of the molecule is c1ccc(-n2c3ccccc3c3cc(-n4c5ccccc5c5ccc6c(c54)Sc4ccccc4C64c5ccccc5-n5c6ccccc6c6cccc4c65)ccc32)cc1.c1ccc(N(c2ccccc2)c2ccc(-n3c4ccccc4c4ccc5c(c43)Sc3ccccc3C53c4ccccc4-n4c5ccccc5c5cccc3c54)cc2)cc1. The molecule has 6 nitrogen and oxygen atoms in total. The van der Waals surface area contributed by atoms with E-state index in [2.05, 4.69) is 440 Å². The van der Waals surface area contributed by atoms with Gasteiger partial charge in [0.2, 0.25) is 0 Å². The Kier molecular flexibility index (Phi) is 13.9. The topological polar surface area (TPSA) is 27.9 Å². The zero-order valence-corrected chi connectivity index (χ0v) is 65.4. The van der Waals surface area contributed by atoms with Crippen LogP contribution in [-0.4, -0.2) is 22.8 Å². The van der Waals surface area contributed by atoms with E-state index in [-0.39, 0.29) is 0 Å². The number of anilines is 3. The van der Waals surface area contributed by atoms with Gasteiger partial charge in [-0.1, -0.05) is 303 Å². The van der Waals surface area contributed by atoms with Crippen molar-refractivity contribution in [2.45, 2.75) is 30.4 Å². The monoisotopic (exact) mass is 1540 g/mol. The smallest absolute Gasteiger partial charge is 0.0765 e. The van der Waals surface area contributed by atoms with Crippen LogP contribution in [0.4, 0.5) is 17.1 Å². The first-order valence-electron chi connectivity index (χ1n) is 40.6. The third-order valence-corrected chi connectivity index (χ3v) is 28.4. The Morgan fingerprint density at radius 2 is 0.508 bits per heavy atom. The summed E-state index contributed by atoms with van der Waals surface area (Å²) in [7, 11) is 0. The van der Waals surface area contributed by atoms with Crippen LogP contribution in [-0.2, 0) is 10.8 Å². The summed E-state index contributed by atoms with van der Waals surface area (Å²) in [5.74, 6) is 0. The molecule has 9 heterocycles. The van der Waals surface area contributed by atoms with Crippen LogP contribution in [0.3, 0.4) is 0 Å². The van der Waals surface area contributed by atoms with Crippen molar-refractivity contribution in [2.24, 2.45) is 0 Å². The molecule has 0 saturated carbocycles. The fraction of sp³-hybridized carbons (Fsp3) is 0.0182. The number of fused-ring (bicyclic) bond motifs is 33. The summed E-state index contributed by atoms with van der Waals surface area (Å²) < 4.78 is 12.5. The fourth-order valence-corrected chi connectivity index (χ4v) is 24.2. The zero-order valence-electron chi connectivity index (χ0n) is 63.8. The molecular weight excluding hydrogens is 1470 g/mol. The molecule has 27 rings (SSSR count). The first-order valence-corrected chi connectivity index (χ1v) is 42.3. The van der Waals surface area contributed by atoms with Gasteiger partial charge in [0.05, 0.1) is 77.4 Å². The summed E-state index contributed by atoms with van der Waals surface area (Å²) in [6.45, 7) is 0. The van der Waals surface area contributed by atoms with Gasteiger partial charge in [-0.3, -0.25) is 0 Å². The van der Waals surface area contributed by atoms with Crippen molar-refractivity contribution in [3.05, 3.63) is 457 Å². The van der Waals surface area contributed by atoms with E-state index in [1.165, 1.54) is 190 Å². The maximum atomic E-state index is 2.55. The number of hydrogen-bond acceptors (Lipinski definition) is 3. The first kappa shape index (κ1) is 65.8. The molecule has 4 aliphatic rings. The van der Waals surface area contributed by atoms with Gasteiger partial charge in [0, 0.05) is 108 Å². The first-order chi connectivity index (χ1) is 58.6. The second-order valence-corrected chi connectivity index (χ2v) is 33.7. The molecule has 0 bridgehead atoms. The number of nitrogens with zero attached hydrogens (tertiary/aromatic N) is 6. The van der Waals surface area contributed by atoms with E-state index < -0.39 is 10.8 Å². The van der Waals surface area contributed by atoms with Gasteiger partial charge in [-0.05, 0) is 178 Å². The van der Waals surface area contributed by atoms with Crippen LogP contribution in [0, 0.1) is 0 Å². The van der Waals surface area contributed by atoms with E-state index >= 15 is 0 Å². The molecule has 2 unspecified atom stereocenters. The van der Waals surface area contributed by atoms with Crippen molar-refractivity contribution in [3.63, 3.8) is 0 Å². The van der Waals surface area contributed by atoms with Crippen molar-refractivity contribution in [1.82, 2.24) is 22.8 Å². The predicted molar refractivity (Wildman–Crippen MR) is 491 cm³/mol. The van der Waals surface area contributed by atoms with Gasteiger partial charge in [0.1, 0.15) is 0 Å². The Labute approximate surface area is 688 Å². The van der Waals surface area contributed by atoms with Gasteiger partial charge >= 0.3 is 0 Å². The largest absolute Gasteiger partial charge is 0.311 e. The van der Waals surface area contributed by atoms with Gasteiger partial charge in [0.15, 0.2) is 0 Å². The van der Waals surface area contributed by atoms with E-state index in [4.69, 9.17) is 0 Å². The molecule has 0 radical (unpaired) electrons. The molecule has 118 heavy (non-hydrogen) atoms. The Balaban J connectivity index is 0.000000128. The summed E-state index contributed by atoms with van der Waals surface area (Å²) >= 11 is 3.85. The Bertz CT molecular complexity index is 8170. The molecule has 2 spiro atoms. The minimum Gasteiger partial charge on any atom is -0.311 e. The van der Waals surface area contributed by atoms with E-state index in [0.717, 1.165) is 28.4 Å². The standard InChI is InChI=1S/C55H33N3S.C55H35N3S/c1-2-15-34(16-3-1)56-46-24-9-6-19-38(46)41-33-35(29-32-49(41)56)57-47-25-10-4-18-37(47)40-30-31-45-54(53(40)57)59-51-28-13-8-22-43(51)55(45)42-21-7-12-27-50(42)58-48-26-11-5-17-36(48)39-20-14-23-44(55)52(39)58;1-3-16-36(17-4-1)56(37-18-5-2-6-19-37)38-30-32-39(33-31-38)57-48-26-11-7-21-41(48)43-34-35-47-54(53(43)57)59-51-29-14-10-24-45(51)55(47)44-23-9-13-28-50(44)58-49-27-12-8-20-40(49)42-22-15-25-46(55)52(42)58/h1-33H;1-35H. The van der Waals surface area contributed by atoms with E-state index in [1.54, 1.807) is 0 Å². The normalized spacial score (nSPS) is 15.3. The molecule has 550 valence electrons. The highest BCUT2D eigenvalue weighted by atomic mass is 32.2. The number of para-hydroxylation sites is 12. The second kappa shape index (κ2) is 25.0. The van der Waals surface area contributed by atoms with Crippen LogP contribution in [0.2, 0.25) is 0 Å². The van der Waals surface area contributed by atoms with Gasteiger partial charge in [-0.2, -0.15) is 0 Å². The lowest BCUT2D eigenvalue weighted by Crippen LogP contribution is -2.37. The molecule has 0 aliphatic carbocycles. The molecule has 0 amide bonds. The summed E-state index contributed by atoms with van der Waals surface area (Å²) in [6, 6.07) is 153. The highest BCUT2D eigenvalue weighted by molar-refractivity contribution is 8.00. The van der Waals surface area contributed by atoms with Crippen LogP contribution in [0.1, 0.15) is 44.5 Å². The number of benzene rings is 18. The molecule has 0 N–H and O–H groups in total. The van der Waals surface area contributed by atoms with E-state index in [0.29, 0.717) is 0 Å². The van der Waals surface area contributed by atoms with Crippen LogP contribution in [0.5, 0.6) is 0 Å². The number of rotatable bonds is 6. The zero-order chi connectivity index (χ0) is 77.1. The minimum atomic E-state index is -0.555. The lowest BCUT2D eigenvalue weighted by molar-refractivity contribution is 0.691. The molecular formula is C110H68N6S2. The Morgan fingerprint density at radius 1 is 0.186 bits per heavy atom. The number of hydrogen-bond donors (Lipinski definition) is 0. The van der Waals surface area contributed by atoms with Crippen molar-refractivity contribution in [1.29, 1.82) is 0 Å². The van der Waals surface area contributed by atoms with Crippen LogP contribution < -0.4 is 4.90 Å². The predicted octanol–water partition coefficient (Wildman–Crippen LogP) is 28.6. The molecule has 8 heteroatoms. The maximum absolute atomic E-state index is 2.55. The lowest BCUT2D eigenvalue weighted by Gasteiger charge is -2.45. The molecule has 0 saturated heterocycles. The van der Waals surface area contributed by atoms with Crippen molar-refractivity contribution < 1.29 is 0 Å². The summed E-state index contributed by atoms with van der Waals surface area (Å²) in [6.07, 6.45) is 0. The van der Waals surface area contributed by atoms with Crippen LogP contribution in [0.15, 0.2) is 432 Å². The van der Waals surface area contributed by atoms with Crippen LogP contribution in [0.25, 0.3) is 137 Å². The lowest BCUT2D eigenvalue weighted by atomic mass is 9.62. The van der Waals surface area contributed by atoms with Gasteiger partial charge < -0.3 is 27.7 Å². The molecule has 23 aromatic rings. The third kappa shape index (κ3) is 8.78. The average molecular weight is 1540 g/mol. The Morgan fingerprint density at radius 3 is 0.983 bits per heavy atom. The minimum absolute atomic E-state index is 0.553. The molecule has 4 aliphatic heterocycles. The summed E-state index contributed by atoms with van der Waals surface area (Å²) in [5.41, 5.74) is 31.2. The van der Waals surface area contributed by atoms with Gasteiger partial charge in [0.25, 0.3) is 0 Å². The number of aromatic nitrogens is 5. The summed E-state index contributed by atoms with van der Waals surface area (Å²) in [5, 5.41) is 12.7. The molecule has 18 aromatic carbocycles. The molecule has 5 aromatic heterocycles. The Hall–Kier alpha value is -14.5. The highest BCUT2D eigenvalue weighted by Crippen LogP contribution is 2.65. The van der Waals surface area contributed by atoms with Crippen molar-refractivity contribution in [2.75, 3.05) is 4.90 Å². The van der Waals surface area contributed by atoms with E-state index in [1.807, 2.05) is 23.5 Å². The fourth-order valence-electron chi connectivity index (χ4n) is 21.5. The maximum Gasteiger partial charge on any atom is 0.0765 e. The van der Waals surface area contributed by atoms with Crippen molar-refractivity contribution >= 4 is 150 Å². The van der Waals surface area contributed by atoms with Crippen molar-refractivity contribution in [3.8, 4) is 28.4 Å². The molecule has 0 fully saturated rings. The van der Waals surface area contributed by atoms with Gasteiger partial charge in [-0.15, -0.1) is 0 Å². The highest BCUT2D eigenvalue weighted by Gasteiger charge is 2.52. The quantitative estimate of drug-likeness (QED) is 0.166.